The fourth-order valence-corrected chi connectivity index (χ4v) is 4.66. The highest BCUT2D eigenvalue weighted by molar-refractivity contribution is 7.92. The van der Waals surface area contributed by atoms with Gasteiger partial charge in [0.2, 0.25) is 6.79 Å². The van der Waals surface area contributed by atoms with Crippen molar-refractivity contribution in [1.29, 1.82) is 0 Å². The molecule has 2 aromatic carbocycles. The molecule has 2 aliphatic rings. The lowest BCUT2D eigenvalue weighted by molar-refractivity contribution is -0.131. The van der Waals surface area contributed by atoms with Gasteiger partial charge in [-0.1, -0.05) is 12.1 Å². The number of halogens is 1. The van der Waals surface area contributed by atoms with Crippen molar-refractivity contribution in [1.82, 2.24) is 10.4 Å². The number of fused-ring (bicyclic) bond motifs is 2. The summed E-state index contributed by atoms with van der Waals surface area (Å²) in [6.07, 6.45) is 0.606. The lowest BCUT2D eigenvalue weighted by atomic mass is 9.99. The van der Waals surface area contributed by atoms with E-state index >= 15 is 4.39 Å². The van der Waals surface area contributed by atoms with Crippen molar-refractivity contribution in [3.05, 3.63) is 47.3 Å². The minimum atomic E-state index is -3.91. The zero-order valence-electron chi connectivity index (χ0n) is 17.3. The van der Waals surface area contributed by atoms with Crippen LogP contribution in [0.1, 0.15) is 29.3 Å². The van der Waals surface area contributed by atoms with E-state index in [2.05, 4.69) is 0 Å². The van der Waals surface area contributed by atoms with E-state index in [0.717, 1.165) is 6.26 Å². The molecule has 0 aromatic heterocycles. The number of nitrogens with zero attached hydrogens (tertiary/aromatic N) is 1. The van der Waals surface area contributed by atoms with Gasteiger partial charge in [-0.05, 0) is 37.1 Å². The molecule has 2 N–H and O–H groups in total. The maximum absolute atomic E-state index is 15.4. The summed E-state index contributed by atoms with van der Waals surface area (Å²) in [5, 5.41) is 8.94. The smallest absolute Gasteiger partial charge is 0.264 e. The monoisotopic (exact) mass is 464 g/mol. The number of carbonyl (C=O) groups is 2. The Morgan fingerprint density at radius 3 is 2.59 bits per heavy atom. The van der Waals surface area contributed by atoms with Crippen LogP contribution in [-0.4, -0.2) is 54.7 Å². The van der Waals surface area contributed by atoms with E-state index in [1.54, 1.807) is 18.2 Å². The van der Waals surface area contributed by atoms with Gasteiger partial charge >= 0.3 is 0 Å². The van der Waals surface area contributed by atoms with Crippen molar-refractivity contribution in [3.63, 3.8) is 0 Å². The molecule has 2 aliphatic heterocycles. The third-order valence-electron chi connectivity index (χ3n) is 6.05. The molecule has 1 atom stereocenters. The van der Waals surface area contributed by atoms with E-state index < -0.39 is 32.2 Å². The van der Waals surface area contributed by atoms with Gasteiger partial charge in [0, 0.05) is 36.0 Å². The Bertz CT molecular complexity index is 1230. The molecular formula is C21H21FN2O7S. The van der Waals surface area contributed by atoms with Crippen LogP contribution in [0.25, 0.3) is 11.1 Å². The molecule has 11 heteroatoms. The molecule has 2 aromatic rings. The molecule has 0 saturated heterocycles. The van der Waals surface area contributed by atoms with E-state index in [9.17, 15) is 18.0 Å². The van der Waals surface area contributed by atoms with Crippen molar-refractivity contribution < 1.29 is 37.1 Å². The number of carbonyl (C=O) groups excluding carboxylic acids is 2. The molecule has 2 amide bonds. The Hall–Kier alpha value is -3.18. The minimum absolute atomic E-state index is 0.0705. The number of hydroxylamine groups is 1. The first-order valence-electron chi connectivity index (χ1n) is 9.71. The predicted molar refractivity (Wildman–Crippen MR) is 110 cm³/mol. The third-order valence-corrected chi connectivity index (χ3v) is 8.08. The number of ether oxygens (including phenoxy) is 2. The van der Waals surface area contributed by atoms with Crippen molar-refractivity contribution in [3.8, 4) is 22.6 Å². The highest BCUT2D eigenvalue weighted by atomic mass is 32.2. The topological polar surface area (TPSA) is 122 Å². The Balaban J connectivity index is 1.59. The zero-order chi connectivity index (χ0) is 23.3. The Labute approximate surface area is 183 Å². The Kier molecular flexibility index (Phi) is 5.33. The number of rotatable bonds is 6. The Morgan fingerprint density at radius 2 is 1.91 bits per heavy atom. The minimum Gasteiger partial charge on any atom is -0.454 e. The molecule has 0 fully saturated rings. The molecule has 2 heterocycles. The van der Waals surface area contributed by atoms with Crippen LogP contribution >= 0.6 is 0 Å². The van der Waals surface area contributed by atoms with Gasteiger partial charge in [0.15, 0.2) is 26.1 Å². The first-order chi connectivity index (χ1) is 15.1. The molecular weight excluding hydrogens is 443 g/mol. The van der Waals surface area contributed by atoms with Gasteiger partial charge < -0.3 is 14.4 Å². The number of sulfone groups is 1. The van der Waals surface area contributed by atoms with Crippen LogP contribution < -0.4 is 15.0 Å². The van der Waals surface area contributed by atoms with Gasteiger partial charge in [-0.15, -0.1) is 0 Å². The van der Waals surface area contributed by atoms with E-state index in [0.29, 0.717) is 17.1 Å². The van der Waals surface area contributed by atoms with Crippen LogP contribution in [0.15, 0.2) is 30.3 Å². The van der Waals surface area contributed by atoms with Gasteiger partial charge in [-0.25, -0.2) is 18.3 Å². The number of amides is 2. The summed E-state index contributed by atoms with van der Waals surface area (Å²) in [4.78, 5) is 26.1. The second-order valence-electron chi connectivity index (χ2n) is 7.94. The van der Waals surface area contributed by atoms with Crippen molar-refractivity contribution in [2.75, 3.05) is 19.6 Å². The fourth-order valence-electron chi connectivity index (χ4n) is 3.81. The molecule has 0 spiro atoms. The van der Waals surface area contributed by atoms with Gasteiger partial charge in [-0.2, -0.15) is 0 Å². The van der Waals surface area contributed by atoms with Crippen LogP contribution in [0, 0.1) is 5.82 Å². The van der Waals surface area contributed by atoms with E-state index in [4.69, 9.17) is 14.7 Å². The lowest BCUT2D eigenvalue weighted by Gasteiger charge is -2.27. The molecule has 170 valence electrons. The molecule has 32 heavy (non-hydrogen) atoms. The average molecular weight is 464 g/mol. The maximum Gasteiger partial charge on any atom is 0.264 e. The standard InChI is InChI=1S/C21H21FN2O7S/c1-21(20(26)23-27,32(2,28)29)7-8-24-10-15-14(19(24)25)5-4-13(18(15)22)12-3-6-16-17(9-12)31-11-30-16/h3-6,9,27H,7-8,10-11H2,1-2H3,(H,23,26). The molecule has 0 saturated carbocycles. The van der Waals surface area contributed by atoms with Gasteiger partial charge in [0.05, 0.1) is 0 Å². The van der Waals surface area contributed by atoms with E-state index in [-0.39, 0.29) is 43.0 Å². The number of benzene rings is 2. The molecule has 9 nitrogen and oxygen atoms in total. The van der Waals surface area contributed by atoms with Crippen molar-refractivity contribution in [2.45, 2.75) is 24.6 Å². The fraction of sp³-hybridized carbons (Fsp3) is 0.333. The summed E-state index contributed by atoms with van der Waals surface area (Å²) in [5.41, 5.74) is 2.59. The van der Waals surface area contributed by atoms with Crippen molar-refractivity contribution in [2.24, 2.45) is 0 Å². The lowest BCUT2D eigenvalue weighted by Crippen LogP contribution is -2.50. The highest BCUT2D eigenvalue weighted by Crippen LogP contribution is 2.38. The number of hydrogen-bond donors (Lipinski definition) is 2. The summed E-state index contributed by atoms with van der Waals surface area (Å²) < 4.78 is 48.3. The predicted octanol–water partition coefficient (Wildman–Crippen LogP) is 1.88. The molecule has 0 radical (unpaired) electrons. The number of nitrogens with one attached hydrogen (secondary N) is 1. The summed E-state index contributed by atoms with van der Waals surface area (Å²) >= 11 is 0. The summed E-state index contributed by atoms with van der Waals surface area (Å²) in [6.45, 7) is 1.07. The second-order valence-corrected chi connectivity index (χ2v) is 10.4. The average Bonchev–Trinajstić information content (AvgIpc) is 3.35. The van der Waals surface area contributed by atoms with E-state index in [1.165, 1.54) is 29.4 Å². The van der Waals surface area contributed by atoms with Crippen LogP contribution in [0.3, 0.4) is 0 Å². The summed E-state index contributed by atoms with van der Waals surface area (Å²) in [5.74, 6) is -1.05. The van der Waals surface area contributed by atoms with Crippen LogP contribution in [0.2, 0.25) is 0 Å². The maximum atomic E-state index is 15.4. The van der Waals surface area contributed by atoms with Gasteiger partial charge in [0.25, 0.3) is 11.8 Å². The van der Waals surface area contributed by atoms with Crippen molar-refractivity contribution >= 4 is 21.7 Å². The van der Waals surface area contributed by atoms with Crippen LogP contribution in [-0.2, 0) is 21.2 Å². The SMILES string of the molecule is CC(CCN1Cc2c(ccc(-c3ccc4c(c3)OCO4)c2F)C1=O)(C(=O)NO)S(C)(=O)=O. The van der Waals surface area contributed by atoms with Crippen LogP contribution in [0.4, 0.5) is 4.39 Å². The first kappa shape index (κ1) is 22.0. The van der Waals surface area contributed by atoms with E-state index in [1.807, 2.05) is 0 Å². The third kappa shape index (κ3) is 3.47. The summed E-state index contributed by atoms with van der Waals surface area (Å²) in [7, 11) is -3.91. The Morgan fingerprint density at radius 1 is 1.22 bits per heavy atom. The van der Waals surface area contributed by atoms with Crippen LogP contribution in [0.5, 0.6) is 11.5 Å². The molecule has 0 aliphatic carbocycles. The molecule has 1 unspecified atom stereocenters. The second kappa shape index (κ2) is 7.75. The quantitative estimate of drug-likeness (QED) is 0.494. The zero-order valence-corrected chi connectivity index (χ0v) is 18.2. The highest BCUT2D eigenvalue weighted by Gasteiger charge is 2.44. The van der Waals surface area contributed by atoms with Gasteiger partial charge in [-0.3, -0.25) is 14.8 Å². The summed E-state index contributed by atoms with van der Waals surface area (Å²) in [6, 6.07) is 8.06. The first-order valence-corrected chi connectivity index (χ1v) is 11.6. The number of hydrogen-bond acceptors (Lipinski definition) is 7. The molecule has 4 rings (SSSR count). The van der Waals surface area contributed by atoms with Gasteiger partial charge in [0.1, 0.15) is 5.82 Å². The normalized spacial score (nSPS) is 16.6. The largest absolute Gasteiger partial charge is 0.454 e. The molecule has 0 bridgehead atoms.